The summed E-state index contributed by atoms with van der Waals surface area (Å²) in [6.07, 6.45) is 9.62. The first-order valence-electron chi connectivity index (χ1n) is 10.8. The van der Waals surface area contributed by atoms with E-state index in [0.29, 0.717) is 30.2 Å². The van der Waals surface area contributed by atoms with Gasteiger partial charge in [-0.1, -0.05) is 72.3 Å². The number of benzene rings is 1. The molecule has 0 heterocycles. The van der Waals surface area contributed by atoms with Gasteiger partial charge >= 0.3 is 11.9 Å². The van der Waals surface area contributed by atoms with Gasteiger partial charge in [0.2, 0.25) is 0 Å². The molecule has 0 aliphatic heterocycles. The van der Waals surface area contributed by atoms with Crippen LogP contribution in [0.2, 0.25) is 0 Å². The van der Waals surface area contributed by atoms with Gasteiger partial charge in [0.05, 0.1) is 11.1 Å². The van der Waals surface area contributed by atoms with Gasteiger partial charge in [-0.25, -0.2) is 9.59 Å². The highest BCUT2D eigenvalue weighted by Gasteiger charge is 2.21. The predicted octanol–water partition coefficient (Wildman–Crippen LogP) is 6.60. The van der Waals surface area contributed by atoms with E-state index in [0.717, 1.165) is 50.5 Å². The summed E-state index contributed by atoms with van der Waals surface area (Å²) >= 11 is 0. The molecule has 1 aromatic rings. The summed E-state index contributed by atoms with van der Waals surface area (Å²) < 4.78 is 0. The Bertz CT molecular complexity index is 632. The molecule has 0 aliphatic rings. The molecule has 0 unspecified atom stereocenters. The fourth-order valence-corrected chi connectivity index (χ4v) is 3.71. The molecule has 0 bridgehead atoms. The molecule has 0 saturated carbocycles. The molecule has 0 spiro atoms. The molecule has 4 heteroatoms. The molecule has 1 rings (SSSR count). The first-order chi connectivity index (χ1) is 13.2. The monoisotopic (exact) mass is 390 g/mol. The Balaban J connectivity index is 2.89. The van der Waals surface area contributed by atoms with E-state index >= 15 is 0 Å². The minimum Gasteiger partial charge on any atom is -0.478 e. The molecule has 158 valence electrons. The standard InChI is InChI=1S/C24H38O4/c1-17(2)11-7-5-9-13-19-15-16-21(23(25)26)20(22(19)24(27)28)14-10-6-8-12-18(3)4/h15-18H,5-14H2,1-4H3,(H,25,26)(H,27,28). The van der Waals surface area contributed by atoms with Crippen LogP contribution in [0.25, 0.3) is 0 Å². The zero-order valence-electron chi connectivity index (χ0n) is 18.1. The molecule has 0 amide bonds. The second-order valence-corrected chi connectivity index (χ2v) is 8.72. The molecule has 28 heavy (non-hydrogen) atoms. The summed E-state index contributed by atoms with van der Waals surface area (Å²) in [4.78, 5) is 23.6. The second-order valence-electron chi connectivity index (χ2n) is 8.72. The van der Waals surface area contributed by atoms with E-state index in [1.807, 2.05) is 0 Å². The van der Waals surface area contributed by atoms with Crippen molar-refractivity contribution in [2.45, 2.75) is 91.9 Å². The fraction of sp³-hybridized carbons (Fsp3) is 0.667. The predicted molar refractivity (Wildman–Crippen MR) is 114 cm³/mol. The number of aryl methyl sites for hydroxylation is 1. The summed E-state index contributed by atoms with van der Waals surface area (Å²) in [5, 5.41) is 19.4. The maximum absolute atomic E-state index is 12.0. The maximum Gasteiger partial charge on any atom is 0.336 e. The average molecular weight is 391 g/mol. The summed E-state index contributed by atoms with van der Waals surface area (Å²) in [6.45, 7) is 8.80. The van der Waals surface area contributed by atoms with E-state index in [9.17, 15) is 19.8 Å². The van der Waals surface area contributed by atoms with Crippen LogP contribution in [-0.4, -0.2) is 22.2 Å². The zero-order valence-corrected chi connectivity index (χ0v) is 18.1. The van der Waals surface area contributed by atoms with Crippen LogP contribution < -0.4 is 0 Å². The van der Waals surface area contributed by atoms with Crippen molar-refractivity contribution in [1.29, 1.82) is 0 Å². The first-order valence-corrected chi connectivity index (χ1v) is 10.8. The van der Waals surface area contributed by atoms with Crippen LogP contribution in [-0.2, 0) is 12.8 Å². The largest absolute Gasteiger partial charge is 0.478 e. The van der Waals surface area contributed by atoms with Crippen molar-refractivity contribution in [3.8, 4) is 0 Å². The van der Waals surface area contributed by atoms with Crippen LogP contribution in [0.3, 0.4) is 0 Å². The molecule has 0 saturated heterocycles. The molecule has 0 atom stereocenters. The van der Waals surface area contributed by atoms with Crippen molar-refractivity contribution in [2.24, 2.45) is 11.8 Å². The fourth-order valence-electron chi connectivity index (χ4n) is 3.71. The number of carbonyl (C=O) groups is 2. The summed E-state index contributed by atoms with van der Waals surface area (Å²) in [5.74, 6) is -0.699. The van der Waals surface area contributed by atoms with Crippen molar-refractivity contribution < 1.29 is 19.8 Å². The number of hydrogen-bond donors (Lipinski definition) is 2. The molecule has 1 aromatic carbocycles. The van der Waals surface area contributed by atoms with Crippen LogP contribution in [0.1, 0.15) is 111 Å². The summed E-state index contributed by atoms with van der Waals surface area (Å²) in [7, 11) is 0. The second kappa shape index (κ2) is 12.6. The molecule has 0 aliphatic carbocycles. The average Bonchev–Trinajstić information content (AvgIpc) is 2.59. The highest BCUT2D eigenvalue weighted by Crippen LogP contribution is 2.25. The van der Waals surface area contributed by atoms with Gasteiger partial charge in [-0.15, -0.1) is 0 Å². The number of hydrogen-bond acceptors (Lipinski definition) is 2. The lowest BCUT2D eigenvalue weighted by molar-refractivity contribution is 0.0694. The first kappa shape index (κ1) is 24.2. The van der Waals surface area contributed by atoms with E-state index in [2.05, 4.69) is 27.7 Å². The lowest BCUT2D eigenvalue weighted by Crippen LogP contribution is -2.13. The van der Waals surface area contributed by atoms with Crippen molar-refractivity contribution >= 4 is 11.9 Å². The van der Waals surface area contributed by atoms with Crippen LogP contribution in [0, 0.1) is 11.8 Å². The Labute approximate surface area is 170 Å². The van der Waals surface area contributed by atoms with E-state index in [1.54, 1.807) is 12.1 Å². The molecule has 2 N–H and O–H groups in total. The van der Waals surface area contributed by atoms with Crippen LogP contribution in [0.4, 0.5) is 0 Å². The van der Waals surface area contributed by atoms with Crippen molar-refractivity contribution in [1.82, 2.24) is 0 Å². The molecule has 4 nitrogen and oxygen atoms in total. The van der Waals surface area contributed by atoms with Gasteiger partial charge in [-0.05, 0) is 54.7 Å². The zero-order chi connectivity index (χ0) is 21.1. The van der Waals surface area contributed by atoms with Gasteiger partial charge in [0.25, 0.3) is 0 Å². The Morgan fingerprint density at radius 3 is 1.75 bits per heavy atom. The van der Waals surface area contributed by atoms with E-state index < -0.39 is 11.9 Å². The lowest BCUT2D eigenvalue weighted by Gasteiger charge is -2.15. The van der Waals surface area contributed by atoms with Gasteiger partial charge in [-0.2, -0.15) is 0 Å². The van der Waals surface area contributed by atoms with E-state index in [4.69, 9.17) is 0 Å². The third-order valence-corrected chi connectivity index (χ3v) is 5.28. The van der Waals surface area contributed by atoms with Crippen LogP contribution >= 0.6 is 0 Å². The highest BCUT2D eigenvalue weighted by molar-refractivity contribution is 5.97. The summed E-state index contributed by atoms with van der Waals surface area (Å²) in [6, 6.07) is 3.30. The molecular weight excluding hydrogens is 352 g/mol. The minimum absolute atomic E-state index is 0.143. The highest BCUT2D eigenvalue weighted by atomic mass is 16.4. The molecule has 0 fully saturated rings. The topological polar surface area (TPSA) is 74.6 Å². The number of carboxylic acid groups (broad SMARTS) is 2. The third kappa shape index (κ3) is 8.45. The van der Waals surface area contributed by atoms with Gasteiger partial charge in [0.1, 0.15) is 0 Å². The number of aromatic carboxylic acids is 2. The number of unbranched alkanes of at least 4 members (excludes halogenated alkanes) is 4. The number of carboxylic acids is 2. The Hall–Kier alpha value is -1.84. The summed E-state index contributed by atoms with van der Waals surface area (Å²) in [5.41, 5.74) is 1.65. The van der Waals surface area contributed by atoms with E-state index in [-0.39, 0.29) is 11.1 Å². The Morgan fingerprint density at radius 2 is 1.29 bits per heavy atom. The van der Waals surface area contributed by atoms with Gasteiger partial charge in [-0.3, -0.25) is 0 Å². The minimum atomic E-state index is -1.04. The van der Waals surface area contributed by atoms with Crippen LogP contribution in [0.15, 0.2) is 12.1 Å². The number of rotatable bonds is 14. The maximum atomic E-state index is 12.0. The van der Waals surface area contributed by atoms with Gasteiger partial charge in [0, 0.05) is 0 Å². The van der Waals surface area contributed by atoms with E-state index in [1.165, 1.54) is 6.42 Å². The molecule has 0 aromatic heterocycles. The van der Waals surface area contributed by atoms with Crippen LogP contribution in [0.5, 0.6) is 0 Å². The SMILES string of the molecule is CC(C)CCCCCc1ccc(C(=O)O)c(CCCCCC(C)C)c1C(=O)O. The van der Waals surface area contributed by atoms with Gasteiger partial charge in [0.15, 0.2) is 0 Å². The van der Waals surface area contributed by atoms with Crippen molar-refractivity contribution in [3.63, 3.8) is 0 Å². The smallest absolute Gasteiger partial charge is 0.336 e. The molecule has 0 radical (unpaired) electrons. The van der Waals surface area contributed by atoms with Gasteiger partial charge < -0.3 is 10.2 Å². The quantitative estimate of drug-likeness (QED) is 0.351. The van der Waals surface area contributed by atoms with Crippen molar-refractivity contribution in [2.75, 3.05) is 0 Å². The normalized spacial score (nSPS) is 11.4. The van der Waals surface area contributed by atoms with Crippen molar-refractivity contribution in [3.05, 3.63) is 34.4 Å². The third-order valence-electron chi connectivity index (χ3n) is 5.28. The molecular formula is C24H38O4. The Morgan fingerprint density at radius 1 is 0.750 bits per heavy atom. The Kier molecular flexibility index (Phi) is 10.9. The lowest BCUT2D eigenvalue weighted by atomic mass is 9.89.